The lowest BCUT2D eigenvalue weighted by molar-refractivity contribution is -0.384. The number of likely N-dealkylation sites (N-methyl/N-ethyl adjacent to an activating group) is 1. The smallest absolute Gasteiger partial charge is 0.338 e. The van der Waals surface area contributed by atoms with E-state index in [0.29, 0.717) is 10.9 Å². The number of amides is 1. The fraction of sp³-hybridized carbons (Fsp3) is 0.250. The summed E-state index contributed by atoms with van der Waals surface area (Å²) in [5.41, 5.74) is 0.0214. The number of carbonyl (C=O) groups is 2. The lowest BCUT2D eigenvalue weighted by atomic mass is 10.1. The van der Waals surface area contributed by atoms with Crippen LogP contribution in [0.4, 0.5) is 11.4 Å². The Hall–Kier alpha value is -2.65. The number of ether oxygens (including phenoxy) is 1. The minimum Gasteiger partial charge on any atom is -0.452 e. The zero-order chi connectivity index (χ0) is 19.3. The van der Waals surface area contributed by atoms with Crippen LogP contribution in [0.2, 0.25) is 4.34 Å². The average Bonchev–Trinajstić information content (AvgIpc) is 3.03. The van der Waals surface area contributed by atoms with Crippen LogP contribution in [0.25, 0.3) is 0 Å². The Morgan fingerprint density at radius 1 is 1.35 bits per heavy atom. The molecule has 0 aliphatic rings. The van der Waals surface area contributed by atoms with Crippen LogP contribution >= 0.6 is 22.9 Å². The van der Waals surface area contributed by atoms with Crippen molar-refractivity contribution in [1.29, 1.82) is 0 Å². The number of nitrogens with zero attached hydrogens (tertiary/aromatic N) is 2. The van der Waals surface area contributed by atoms with Gasteiger partial charge in [0.05, 0.1) is 21.4 Å². The van der Waals surface area contributed by atoms with Crippen molar-refractivity contribution in [2.24, 2.45) is 0 Å². The van der Waals surface area contributed by atoms with Gasteiger partial charge in [-0.3, -0.25) is 14.9 Å². The first-order valence-electron chi connectivity index (χ1n) is 7.43. The molecule has 0 aliphatic carbocycles. The van der Waals surface area contributed by atoms with Crippen molar-refractivity contribution >= 4 is 46.2 Å². The molecule has 1 heterocycles. The van der Waals surface area contributed by atoms with Gasteiger partial charge in [-0.1, -0.05) is 11.6 Å². The van der Waals surface area contributed by atoms with Crippen molar-refractivity contribution in [1.82, 2.24) is 4.90 Å². The molecule has 138 valence electrons. The average molecular weight is 398 g/mol. The third-order valence-corrected chi connectivity index (χ3v) is 4.69. The van der Waals surface area contributed by atoms with Gasteiger partial charge >= 0.3 is 5.97 Å². The summed E-state index contributed by atoms with van der Waals surface area (Å²) in [5, 5.41) is 13.7. The minimum atomic E-state index is -0.809. The van der Waals surface area contributed by atoms with Crippen molar-refractivity contribution in [2.75, 3.05) is 26.0 Å². The van der Waals surface area contributed by atoms with E-state index in [1.165, 1.54) is 35.4 Å². The summed E-state index contributed by atoms with van der Waals surface area (Å²) >= 11 is 7.20. The maximum atomic E-state index is 12.1. The van der Waals surface area contributed by atoms with Crippen LogP contribution in [0.5, 0.6) is 0 Å². The summed E-state index contributed by atoms with van der Waals surface area (Å²) in [6.07, 6.45) is 0. The monoisotopic (exact) mass is 397 g/mol. The van der Waals surface area contributed by atoms with Crippen LogP contribution in [-0.2, 0) is 16.1 Å². The van der Waals surface area contributed by atoms with Crippen molar-refractivity contribution in [2.45, 2.75) is 6.54 Å². The number of carbonyl (C=O) groups excluding carboxylic acids is 2. The fourth-order valence-corrected chi connectivity index (χ4v) is 3.24. The predicted molar refractivity (Wildman–Crippen MR) is 98.7 cm³/mol. The molecule has 1 aromatic carbocycles. The van der Waals surface area contributed by atoms with Gasteiger partial charge in [0.25, 0.3) is 11.6 Å². The lowest BCUT2D eigenvalue weighted by Crippen LogP contribution is -2.30. The molecule has 2 aromatic rings. The van der Waals surface area contributed by atoms with Crippen molar-refractivity contribution in [3.8, 4) is 0 Å². The molecular formula is C16H16ClN3O5S. The first-order valence-corrected chi connectivity index (χ1v) is 8.62. The third-order valence-electron chi connectivity index (χ3n) is 3.47. The third kappa shape index (κ3) is 4.93. The normalized spacial score (nSPS) is 10.3. The van der Waals surface area contributed by atoms with Gasteiger partial charge in [0.1, 0.15) is 5.69 Å². The van der Waals surface area contributed by atoms with Crippen LogP contribution in [0.3, 0.4) is 0 Å². The summed E-state index contributed by atoms with van der Waals surface area (Å²) in [4.78, 5) is 36.9. The topological polar surface area (TPSA) is 102 Å². The summed E-state index contributed by atoms with van der Waals surface area (Å²) in [5.74, 6) is -1.21. The molecule has 1 aromatic heterocycles. The molecule has 26 heavy (non-hydrogen) atoms. The van der Waals surface area contributed by atoms with Gasteiger partial charge in [-0.2, -0.15) is 0 Å². The molecule has 2 rings (SSSR count). The first-order chi connectivity index (χ1) is 12.3. The molecule has 1 N–H and O–H groups in total. The lowest BCUT2D eigenvalue weighted by Gasteiger charge is -2.16. The largest absolute Gasteiger partial charge is 0.452 e. The Balaban J connectivity index is 1.96. The van der Waals surface area contributed by atoms with E-state index in [1.54, 1.807) is 13.1 Å². The van der Waals surface area contributed by atoms with E-state index in [0.717, 1.165) is 10.9 Å². The number of rotatable bonds is 7. The van der Waals surface area contributed by atoms with Crippen LogP contribution < -0.4 is 5.32 Å². The molecule has 0 radical (unpaired) electrons. The molecule has 0 saturated heterocycles. The zero-order valence-electron chi connectivity index (χ0n) is 14.0. The Kier molecular flexibility index (Phi) is 6.53. The summed E-state index contributed by atoms with van der Waals surface area (Å²) in [7, 11) is 3.12. The maximum Gasteiger partial charge on any atom is 0.338 e. The van der Waals surface area contributed by atoms with Gasteiger partial charge in [-0.25, -0.2) is 4.79 Å². The number of anilines is 1. The van der Waals surface area contributed by atoms with Gasteiger partial charge < -0.3 is 15.0 Å². The number of esters is 1. The second-order valence-electron chi connectivity index (χ2n) is 5.27. The van der Waals surface area contributed by atoms with Gasteiger partial charge in [-0.05, 0) is 24.3 Å². The number of hydrogen-bond acceptors (Lipinski definition) is 7. The second kappa shape index (κ2) is 8.63. The summed E-state index contributed by atoms with van der Waals surface area (Å²) in [6.45, 7) is -0.119. The predicted octanol–water partition coefficient (Wildman–Crippen LogP) is 3.17. The molecule has 0 spiro atoms. The quantitative estimate of drug-likeness (QED) is 0.437. The standard InChI is InChI=1S/C16H16ClN3O5S/c1-18-12-5-3-10(7-13(12)20(23)24)16(22)25-9-15(21)19(2)8-11-4-6-14(17)26-11/h3-7,18H,8-9H2,1-2H3. The molecule has 0 bridgehead atoms. The van der Waals surface area contributed by atoms with E-state index in [9.17, 15) is 19.7 Å². The highest BCUT2D eigenvalue weighted by Crippen LogP contribution is 2.25. The highest BCUT2D eigenvalue weighted by molar-refractivity contribution is 7.16. The molecule has 0 unspecified atom stereocenters. The maximum absolute atomic E-state index is 12.1. The number of thiophene rings is 1. The first kappa shape index (κ1) is 19.7. The second-order valence-corrected chi connectivity index (χ2v) is 7.07. The number of nitro groups is 1. The fourth-order valence-electron chi connectivity index (χ4n) is 2.10. The molecule has 10 heteroatoms. The van der Waals surface area contributed by atoms with E-state index in [4.69, 9.17) is 16.3 Å². The van der Waals surface area contributed by atoms with Gasteiger partial charge in [-0.15, -0.1) is 11.3 Å². The summed E-state index contributed by atoms with van der Waals surface area (Å²) in [6, 6.07) is 7.45. The summed E-state index contributed by atoms with van der Waals surface area (Å²) < 4.78 is 5.59. The van der Waals surface area contributed by atoms with E-state index in [1.807, 2.05) is 6.07 Å². The van der Waals surface area contributed by atoms with Crippen molar-refractivity contribution < 1.29 is 19.2 Å². The van der Waals surface area contributed by atoms with Crippen LogP contribution in [0.1, 0.15) is 15.2 Å². The van der Waals surface area contributed by atoms with Crippen LogP contribution in [0.15, 0.2) is 30.3 Å². The number of benzene rings is 1. The number of nitro benzene ring substituents is 1. The zero-order valence-corrected chi connectivity index (χ0v) is 15.6. The Morgan fingerprint density at radius 2 is 2.08 bits per heavy atom. The van der Waals surface area contributed by atoms with E-state index in [2.05, 4.69) is 5.32 Å². The number of halogens is 1. The highest BCUT2D eigenvalue weighted by atomic mass is 35.5. The van der Waals surface area contributed by atoms with E-state index >= 15 is 0 Å². The van der Waals surface area contributed by atoms with Crippen LogP contribution in [0, 0.1) is 10.1 Å². The van der Waals surface area contributed by atoms with Gasteiger partial charge in [0, 0.05) is 25.0 Å². The molecule has 8 nitrogen and oxygen atoms in total. The Morgan fingerprint density at radius 3 is 2.65 bits per heavy atom. The van der Waals surface area contributed by atoms with E-state index in [-0.39, 0.29) is 16.9 Å². The Bertz CT molecular complexity index is 839. The van der Waals surface area contributed by atoms with Crippen molar-refractivity contribution in [3.63, 3.8) is 0 Å². The molecule has 1 amide bonds. The Labute approximate surface area is 158 Å². The van der Waals surface area contributed by atoms with Crippen molar-refractivity contribution in [3.05, 3.63) is 55.2 Å². The number of hydrogen-bond donors (Lipinski definition) is 1. The molecule has 0 fully saturated rings. The molecule has 0 saturated carbocycles. The van der Waals surface area contributed by atoms with Crippen LogP contribution in [-0.4, -0.2) is 42.4 Å². The number of nitrogens with one attached hydrogen (secondary N) is 1. The SMILES string of the molecule is CNc1ccc(C(=O)OCC(=O)N(C)Cc2ccc(Cl)s2)cc1[N+](=O)[O-]. The van der Waals surface area contributed by atoms with E-state index < -0.39 is 23.4 Å². The molecule has 0 atom stereocenters. The van der Waals surface area contributed by atoms with Gasteiger partial charge in [0.15, 0.2) is 6.61 Å². The van der Waals surface area contributed by atoms with Gasteiger partial charge in [0.2, 0.25) is 0 Å². The molecular weight excluding hydrogens is 382 g/mol. The minimum absolute atomic E-state index is 0.00353. The molecule has 0 aliphatic heterocycles. The highest BCUT2D eigenvalue weighted by Gasteiger charge is 2.19.